The molecule has 0 aliphatic rings. The number of carbonyl (C=O) groups excluding carboxylic acids is 4. The summed E-state index contributed by atoms with van der Waals surface area (Å²) in [4.78, 5) is 72.9. The van der Waals surface area contributed by atoms with Crippen molar-refractivity contribution in [3.63, 3.8) is 0 Å². The van der Waals surface area contributed by atoms with Gasteiger partial charge in [0, 0.05) is 25.7 Å². The number of allylic oxidation sites excluding steroid dienone is 26. The fourth-order valence-electron chi connectivity index (χ4n) is 9.61. The van der Waals surface area contributed by atoms with E-state index in [2.05, 4.69) is 167 Å². The highest BCUT2D eigenvalue weighted by atomic mass is 31.2. The Morgan fingerprint density at radius 2 is 0.529 bits per heavy atom. The molecule has 0 saturated heterocycles. The molecule has 17 nitrogen and oxygen atoms in total. The van der Waals surface area contributed by atoms with Gasteiger partial charge in [-0.1, -0.05) is 256 Å². The number of esters is 4. The highest BCUT2D eigenvalue weighted by Gasteiger charge is 2.30. The molecule has 0 rings (SSSR count). The van der Waals surface area contributed by atoms with Gasteiger partial charge in [0.15, 0.2) is 12.2 Å². The zero-order chi connectivity index (χ0) is 74.6. The number of hydrogen-bond donors (Lipinski definition) is 3. The SMILES string of the molecule is CC/C=C\C/C=C\C/C=C\C/C=C\C/C=C\C/C=C\CCC(=O)OCC(COP(=O)(O)OCC(O)COP(=O)(O)OCC(COC(=O)CCCC/C=C\C/C=C\C/C=C\C/C=C\CC)OC(=O)CCCCCCC/C=C\CCCCCC)OC(=O)CCCCCCC/C=C\C/C=C\CCCCC. The summed E-state index contributed by atoms with van der Waals surface area (Å²) >= 11 is 0. The minimum Gasteiger partial charge on any atom is -0.462 e. The average Bonchev–Trinajstić information content (AvgIpc) is 0.924. The van der Waals surface area contributed by atoms with Crippen LogP contribution in [0.2, 0.25) is 0 Å². The Morgan fingerprint density at radius 1 is 0.284 bits per heavy atom. The first-order chi connectivity index (χ1) is 49.7. The maximum absolute atomic E-state index is 13.1. The second-order valence-electron chi connectivity index (χ2n) is 25.2. The van der Waals surface area contributed by atoms with Crippen LogP contribution in [0.15, 0.2) is 158 Å². The zero-order valence-electron chi connectivity index (χ0n) is 63.2. The fourth-order valence-corrected chi connectivity index (χ4v) is 11.2. The molecule has 19 heteroatoms. The van der Waals surface area contributed by atoms with Crippen LogP contribution in [0.25, 0.3) is 0 Å². The molecule has 0 aromatic rings. The summed E-state index contributed by atoms with van der Waals surface area (Å²) in [6, 6.07) is 0. The normalized spacial score (nSPS) is 14.8. The van der Waals surface area contributed by atoms with Gasteiger partial charge < -0.3 is 33.8 Å². The molecule has 3 N–H and O–H groups in total. The summed E-state index contributed by atoms with van der Waals surface area (Å²) in [5.74, 6) is -2.36. The minimum atomic E-state index is -5.00. The van der Waals surface area contributed by atoms with Crippen molar-refractivity contribution in [1.82, 2.24) is 0 Å². The van der Waals surface area contributed by atoms with E-state index in [1.807, 2.05) is 18.2 Å². The third-order valence-electron chi connectivity index (χ3n) is 15.5. The van der Waals surface area contributed by atoms with Gasteiger partial charge in [-0.15, -0.1) is 0 Å². The first-order valence-electron chi connectivity index (χ1n) is 38.7. The van der Waals surface area contributed by atoms with Crippen LogP contribution < -0.4 is 0 Å². The molecule has 5 atom stereocenters. The Hall–Kier alpha value is -5.32. The van der Waals surface area contributed by atoms with Gasteiger partial charge in [-0.2, -0.15) is 0 Å². The number of rotatable bonds is 71. The first kappa shape index (κ1) is 96.7. The van der Waals surface area contributed by atoms with Crippen molar-refractivity contribution in [1.29, 1.82) is 0 Å². The third kappa shape index (κ3) is 73.0. The van der Waals surface area contributed by atoms with Crippen molar-refractivity contribution in [2.75, 3.05) is 39.6 Å². The van der Waals surface area contributed by atoms with E-state index in [0.29, 0.717) is 32.1 Å². The van der Waals surface area contributed by atoms with Crippen LogP contribution in [0.3, 0.4) is 0 Å². The Morgan fingerprint density at radius 3 is 0.892 bits per heavy atom. The molecule has 0 aliphatic carbocycles. The first-order valence-corrected chi connectivity index (χ1v) is 41.7. The average molecular weight is 1470 g/mol. The van der Waals surface area contributed by atoms with Gasteiger partial charge in [0.25, 0.3) is 0 Å². The maximum Gasteiger partial charge on any atom is 0.472 e. The van der Waals surface area contributed by atoms with Crippen molar-refractivity contribution < 1.29 is 80.2 Å². The summed E-state index contributed by atoms with van der Waals surface area (Å²) in [5.41, 5.74) is 0. The quantitative estimate of drug-likeness (QED) is 0.0169. The highest BCUT2D eigenvalue weighted by Crippen LogP contribution is 2.45. The molecule has 0 aliphatic heterocycles. The molecule has 102 heavy (non-hydrogen) atoms. The standard InChI is InChI=1S/C83H136O17P2/c1-5-9-13-17-21-25-29-33-36-37-38-39-42-45-48-52-56-60-64-68-81(86)94-74-79(100-83(88)70-66-62-58-54-50-46-41-35-31-27-23-19-15-11-7-3)76-98-102(91,92)96-72-77(84)71-95-101(89,90)97-75-78(99-82(87)69-65-61-57-53-49-43-32-28-24-20-16-12-8-4)73-93-80(85)67-63-59-55-51-47-44-40-34-30-26-22-18-14-10-6-2/h9-10,13-14,21-23,25-28,32-36,38-41,45,47-48,51,56,60,77-79,84H,5-8,11-12,15-20,24,29-31,37,42-44,46,49-50,52-55,57-59,61-76H2,1-4H3,(H,89,90)(H,91,92)/b13-9-,14-10-,25-21-,26-22-,27-23-,32-28-,36-33-,39-38-,40-34-,41-35-,48-45-,51-47-,60-56-. The Labute approximate surface area is 617 Å². The molecular weight excluding hydrogens is 1330 g/mol. The Kier molecular flexibility index (Phi) is 70.1. The van der Waals surface area contributed by atoms with Gasteiger partial charge in [0.2, 0.25) is 0 Å². The second kappa shape index (κ2) is 74.0. The van der Waals surface area contributed by atoms with E-state index in [1.54, 1.807) is 0 Å². The van der Waals surface area contributed by atoms with E-state index in [9.17, 15) is 43.2 Å². The lowest BCUT2D eigenvalue weighted by molar-refractivity contribution is -0.161. The molecular formula is C83H136O17P2. The number of hydrogen-bond acceptors (Lipinski definition) is 15. The highest BCUT2D eigenvalue weighted by molar-refractivity contribution is 7.47. The van der Waals surface area contributed by atoms with Crippen molar-refractivity contribution in [3.8, 4) is 0 Å². The van der Waals surface area contributed by atoms with Gasteiger partial charge in [-0.25, -0.2) is 9.13 Å². The van der Waals surface area contributed by atoms with Crippen LogP contribution >= 0.6 is 15.6 Å². The monoisotopic (exact) mass is 1470 g/mol. The van der Waals surface area contributed by atoms with E-state index in [4.69, 9.17) is 37.0 Å². The van der Waals surface area contributed by atoms with E-state index in [0.717, 1.165) is 154 Å². The zero-order valence-corrected chi connectivity index (χ0v) is 65.0. The van der Waals surface area contributed by atoms with Gasteiger partial charge >= 0.3 is 39.5 Å². The fraction of sp³-hybridized carbons (Fsp3) is 0.639. The number of carbonyl (C=O) groups is 4. The van der Waals surface area contributed by atoms with Crippen LogP contribution in [-0.2, 0) is 65.4 Å². The van der Waals surface area contributed by atoms with Gasteiger partial charge in [0.1, 0.15) is 19.3 Å². The van der Waals surface area contributed by atoms with Gasteiger partial charge in [0.05, 0.1) is 26.4 Å². The molecule has 0 radical (unpaired) electrons. The van der Waals surface area contributed by atoms with Crippen LogP contribution in [0.4, 0.5) is 0 Å². The molecule has 0 aromatic carbocycles. The number of unbranched alkanes of at least 4 members (excludes halogenated alkanes) is 19. The number of aliphatic hydroxyl groups excluding tert-OH is 1. The smallest absolute Gasteiger partial charge is 0.462 e. The number of aliphatic hydroxyl groups is 1. The van der Waals surface area contributed by atoms with Gasteiger partial charge in [-0.05, 0) is 161 Å². The predicted octanol–water partition coefficient (Wildman–Crippen LogP) is 22.4. The Balaban J connectivity index is 5.48. The lowest BCUT2D eigenvalue weighted by Gasteiger charge is -2.21. The number of phosphoric ester groups is 2. The van der Waals surface area contributed by atoms with Crippen molar-refractivity contribution in [2.24, 2.45) is 0 Å². The summed E-state index contributed by atoms with van der Waals surface area (Å²) < 4.78 is 68.4. The van der Waals surface area contributed by atoms with E-state index < -0.39 is 97.5 Å². The molecule has 5 unspecified atom stereocenters. The minimum absolute atomic E-state index is 0.0275. The molecule has 0 amide bonds. The van der Waals surface area contributed by atoms with Crippen molar-refractivity contribution >= 4 is 39.5 Å². The van der Waals surface area contributed by atoms with Crippen LogP contribution in [0.5, 0.6) is 0 Å². The number of ether oxygens (including phenoxy) is 4. The molecule has 0 spiro atoms. The summed E-state index contributed by atoms with van der Waals surface area (Å²) in [6.45, 7) is 4.42. The summed E-state index contributed by atoms with van der Waals surface area (Å²) in [5, 5.41) is 10.6. The lowest BCUT2D eigenvalue weighted by Crippen LogP contribution is -2.30. The summed E-state index contributed by atoms with van der Waals surface area (Å²) in [6.07, 6.45) is 85.4. The van der Waals surface area contributed by atoms with Crippen LogP contribution in [0, 0.1) is 0 Å². The molecule has 0 aromatic heterocycles. The third-order valence-corrected chi connectivity index (χ3v) is 17.4. The van der Waals surface area contributed by atoms with Crippen LogP contribution in [0.1, 0.15) is 285 Å². The molecule has 0 bridgehead atoms. The number of phosphoric acid groups is 2. The largest absolute Gasteiger partial charge is 0.472 e. The second-order valence-corrected chi connectivity index (χ2v) is 28.1. The lowest BCUT2D eigenvalue weighted by atomic mass is 10.1. The van der Waals surface area contributed by atoms with E-state index in [-0.39, 0.29) is 25.7 Å². The van der Waals surface area contributed by atoms with E-state index >= 15 is 0 Å². The van der Waals surface area contributed by atoms with Gasteiger partial charge in [-0.3, -0.25) is 37.3 Å². The predicted molar refractivity (Wildman–Crippen MR) is 417 cm³/mol. The maximum atomic E-state index is 13.1. The molecule has 0 heterocycles. The van der Waals surface area contributed by atoms with Crippen molar-refractivity contribution in [2.45, 2.75) is 303 Å². The topological polar surface area (TPSA) is 237 Å². The van der Waals surface area contributed by atoms with Crippen molar-refractivity contribution in [3.05, 3.63) is 158 Å². The Bertz CT molecular complexity index is 2550. The van der Waals surface area contributed by atoms with E-state index in [1.165, 1.54) is 44.9 Å². The molecule has 0 saturated carbocycles. The molecule has 580 valence electrons. The van der Waals surface area contributed by atoms with Crippen LogP contribution in [-0.4, -0.2) is 96.7 Å². The molecule has 0 fully saturated rings. The summed E-state index contributed by atoms with van der Waals surface area (Å²) in [7, 11) is -10.0.